The van der Waals surface area contributed by atoms with Crippen molar-refractivity contribution in [3.8, 4) is 11.5 Å². The summed E-state index contributed by atoms with van der Waals surface area (Å²) in [7, 11) is 0. The Bertz CT molecular complexity index is 584. The molecule has 2 aromatic rings. The normalized spacial score (nSPS) is 13.7. The second-order valence-electron chi connectivity index (χ2n) is 4.46. The minimum Gasteiger partial charge on any atom is -0.490 e. The van der Waals surface area contributed by atoms with Gasteiger partial charge in [-0.25, -0.2) is 0 Å². The number of hydrogen-bond acceptors (Lipinski definition) is 4. The Morgan fingerprint density at radius 3 is 2.53 bits per heavy atom. The van der Waals surface area contributed by atoms with Crippen molar-refractivity contribution in [3.05, 3.63) is 42.5 Å². The average molecular weight is 256 g/mol. The largest absolute Gasteiger partial charge is 0.490 e. The van der Waals surface area contributed by atoms with Gasteiger partial charge in [0, 0.05) is 29.5 Å². The van der Waals surface area contributed by atoms with Crippen LogP contribution in [-0.2, 0) is 0 Å². The molecule has 0 aliphatic carbocycles. The third kappa shape index (κ3) is 2.73. The van der Waals surface area contributed by atoms with E-state index < -0.39 is 0 Å². The van der Waals surface area contributed by atoms with E-state index in [4.69, 9.17) is 15.2 Å². The molecule has 0 spiro atoms. The van der Waals surface area contributed by atoms with Crippen LogP contribution in [0.4, 0.5) is 17.1 Å². The molecule has 0 saturated carbocycles. The number of nitrogens with one attached hydrogen (secondary N) is 1. The molecule has 0 aromatic heterocycles. The van der Waals surface area contributed by atoms with Crippen molar-refractivity contribution in [2.45, 2.75) is 6.42 Å². The number of benzene rings is 2. The molecule has 0 saturated heterocycles. The van der Waals surface area contributed by atoms with Crippen LogP contribution in [0, 0.1) is 0 Å². The zero-order valence-corrected chi connectivity index (χ0v) is 10.6. The summed E-state index contributed by atoms with van der Waals surface area (Å²) in [5.74, 6) is 1.59. The van der Waals surface area contributed by atoms with Crippen LogP contribution >= 0.6 is 0 Å². The Balaban J connectivity index is 1.84. The van der Waals surface area contributed by atoms with Gasteiger partial charge >= 0.3 is 0 Å². The van der Waals surface area contributed by atoms with E-state index in [0.717, 1.165) is 35.0 Å². The minimum absolute atomic E-state index is 0.689. The lowest BCUT2D eigenvalue weighted by Gasteiger charge is -2.11. The van der Waals surface area contributed by atoms with Gasteiger partial charge in [0.2, 0.25) is 0 Å². The first-order valence-electron chi connectivity index (χ1n) is 6.33. The maximum atomic E-state index is 5.76. The molecule has 1 aliphatic rings. The zero-order valence-electron chi connectivity index (χ0n) is 10.6. The van der Waals surface area contributed by atoms with Crippen LogP contribution < -0.4 is 20.5 Å². The standard InChI is InChI=1S/C15H16N2O2/c16-11-3-1-4-12(9-11)17-13-5-6-14-15(10-13)19-8-2-7-18-14/h1,3-6,9-10,17H,2,7-8,16H2. The van der Waals surface area contributed by atoms with Crippen molar-refractivity contribution in [3.63, 3.8) is 0 Å². The number of fused-ring (bicyclic) bond motifs is 1. The Kier molecular flexibility index (Phi) is 3.14. The van der Waals surface area contributed by atoms with E-state index >= 15 is 0 Å². The van der Waals surface area contributed by atoms with Crippen molar-refractivity contribution >= 4 is 17.1 Å². The number of ether oxygens (including phenoxy) is 2. The van der Waals surface area contributed by atoms with Gasteiger partial charge in [0.15, 0.2) is 11.5 Å². The van der Waals surface area contributed by atoms with Crippen LogP contribution in [0.3, 0.4) is 0 Å². The topological polar surface area (TPSA) is 56.5 Å². The number of nitrogens with two attached hydrogens (primary N) is 1. The molecule has 3 N–H and O–H groups in total. The van der Waals surface area contributed by atoms with Crippen molar-refractivity contribution in [1.29, 1.82) is 0 Å². The minimum atomic E-state index is 0.689. The average Bonchev–Trinajstić information content (AvgIpc) is 2.63. The summed E-state index contributed by atoms with van der Waals surface area (Å²) >= 11 is 0. The predicted octanol–water partition coefficient (Wildman–Crippen LogP) is 3.17. The van der Waals surface area contributed by atoms with Gasteiger partial charge in [0.25, 0.3) is 0 Å². The van der Waals surface area contributed by atoms with E-state index in [-0.39, 0.29) is 0 Å². The quantitative estimate of drug-likeness (QED) is 0.810. The summed E-state index contributed by atoms with van der Waals surface area (Å²) in [5.41, 5.74) is 8.40. The number of anilines is 3. The third-order valence-electron chi connectivity index (χ3n) is 2.92. The van der Waals surface area contributed by atoms with Crippen LogP contribution in [0.5, 0.6) is 11.5 Å². The lowest BCUT2D eigenvalue weighted by molar-refractivity contribution is 0.297. The molecule has 0 fully saturated rings. The van der Waals surface area contributed by atoms with E-state index in [0.29, 0.717) is 13.2 Å². The van der Waals surface area contributed by atoms with E-state index in [1.165, 1.54) is 0 Å². The smallest absolute Gasteiger partial charge is 0.163 e. The summed E-state index contributed by atoms with van der Waals surface area (Å²) < 4.78 is 11.3. The van der Waals surface area contributed by atoms with Gasteiger partial charge < -0.3 is 20.5 Å². The molecule has 4 heteroatoms. The first-order chi connectivity index (χ1) is 9.31. The van der Waals surface area contributed by atoms with Gasteiger partial charge in [-0.2, -0.15) is 0 Å². The lowest BCUT2D eigenvalue weighted by Crippen LogP contribution is -1.97. The summed E-state index contributed by atoms with van der Waals surface area (Å²) in [5, 5.41) is 3.30. The Morgan fingerprint density at radius 2 is 1.68 bits per heavy atom. The number of rotatable bonds is 2. The van der Waals surface area contributed by atoms with Crippen LogP contribution in [0.2, 0.25) is 0 Å². The first-order valence-corrected chi connectivity index (χ1v) is 6.33. The van der Waals surface area contributed by atoms with Crippen LogP contribution in [0.1, 0.15) is 6.42 Å². The van der Waals surface area contributed by atoms with Gasteiger partial charge in [-0.15, -0.1) is 0 Å². The lowest BCUT2D eigenvalue weighted by atomic mass is 10.2. The van der Waals surface area contributed by atoms with E-state index in [1.807, 2.05) is 42.5 Å². The van der Waals surface area contributed by atoms with E-state index in [9.17, 15) is 0 Å². The van der Waals surface area contributed by atoms with Crippen LogP contribution in [-0.4, -0.2) is 13.2 Å². The highest BCUT2D eigenvalue weighted by Gasteiger charge is 2.10. The molecule has 0 bridgehead atoms. The molecule has 1 heterocycles. The molecule has 1 aliphatic heterocycles. The van der Waals surface area contributed by atoms with E-state index in [1.54, 1.807) is 0 Å². The fourth-order valence-corrected chi connectivity index (χ4v) is 2.02. The highest BCUT2D eigenvalue weighted by atomic mass is 16.5. The van der Waals surface area contributed by atoms with Crippen LogP contribution in [0.15, 0.2) is 42.5 Å². The molecule has 98 valence electrons. The molecular formula is C15H16N2O2. The van der Waals surface area contributed by atoms with Crippen molar-refractivity contribution in [2.75, 3.05) is 24.3 Å². The van der Waals surface area contributed by atoms with Gasteiger partial charge in [-0.05, 0) is 30.3 Å². The second-order valence-corrected chi connectivity index (χ2v) is 4.46. The Morgan fingerprint density at radius 1 is 0.895 bits per heavy atom. The van der Waals surface area contributed by atoms with E-state index in [2.05, 4.69) is 5.32 Å². The fraction of sp³-hybridized carbons (Fsp3) is 0.200. The molecule has 19 heavy (non-hydrogen) atoms. The molecule has 3 rings (SSSR count). The molecule has 2 aromatic carbocycles. The molecule has 0 radical (unpaired) electrons. The van der Waals surface area contributed by atoms with Crippen molar-refractivity contribution in [2.24, 2.45) is 0 Å². The van der Waals surface area contributed by atoms with Gasteiger partial charge in [0.1, 0.15) is 0 Å². The SMILES string of the molecule is Nc1cccc(Nc2ccc3c(c2)OCCCO3)c1. The Labute approximate surface area is 112 Å². The maximum Gasteiger partial charge on any atom is 0.163 e. The first kappa shape index (κ1) is 11.7. The monoisotopic (exact) mass is 256 g/mol. The molecule has 4 nitrogen and oxygen atoms in total. The molecule has 0 unspecified atom stereocenters. The van der Waals surface area contributed by atoms with Crippen molar-refractivity contribution in [1.82, 2.24) is 0 Å². The summed E-state index contributed by atoms with van der Waals surface area (Å²) in [4.78, 5) is 0. The van der Waals surface area contributed by atoms with Gasteiger partial charge in [-0.1, -0.05) is 6.07 Å². The predicted molar refractivity (Wildman–Crippen MR) is 76.2 cm³/mol. The highest BCUT2D eigenvalue weighted by molar-refractivity contribution is 5.66. The highest BCUT2D eigenvalue weighted by Crippen LogP contribution is 2.33. The Hall–Kier alpha value is -2.36. The van der Waals surface area contributed by atoms with Gasteiger partial charge in [0.05, 0.1) is 13.2 Å². The fourth-order valence-electron chi connectivity index (χ4n) is 2.02. The molecule has 0 atom stereocenters. The van der Waals surface area contributed by atoms with Crippen molar-refractivity contribution < 1.29 is 9.47 Å². The second kappa shape index (κ2) is 5.10. The summed E-state index contributed by atoms with van der Waals surface area (Å²) in [6.45, 7) is 1.39. The number of hydrogen-bond donors (Lipinski definition) is 2. The molecule has 0 amide bonds. The number of nitrogen functional groups attached to an aromatic ring is 1. The zero-order chi connectivity index (χ0) is 13.1. The summed E-state index contributed by atoms with van der Waals surface area (Å²) in [6.07, 6.45) is 0.909. The third-order valence-corrected chi connectivity index (χ3v) is 2.92. The summed E-state index contributed by atoms with van der Waals surface area (Å²) in [6, 6.07) is 13.5. The molecular weight excluding hydrogens is 240 g/mol. The van der Waals surface area contributed by atoms with Crippen LogP contribution in [0.25, 0.3) is 0 Å². The maximum absolute atomic E-state index is 5.76. The van der Waals surface area contributed by atoms with Gasteiger partial charge in [-0.3, -0.25) is 0 Å².